The average Bonchev–Trinajstić information content (AvgIpc) is 3.88. The van der Waals surface area contributed by atoms with Gasteiger partial charge in [0.15, 0.2) is 5.58 Å². The molecule has 0 unspecified atom stereocenters. The number of benzene rings is 8. The minimum Gasteiger partial charge on any atom is -0.454 e. The molecule has 0 radical (unpaired) electrons. The molecule has 0 bridgehead atoms. The quantitative estimate of drug-likeness (QED) is 0.178. The van der Waals surface area contributed by atoms with E-state index in [0.717, 1.165) is 49.9 Å². The Bertz CT molecular complexity index is 3130. The number of aromatic nitrogens is 2. The number of hydrogen-bond acceptors (Lipinski definition) is 1. The van der Waals surface area contributed by atoms with Gasteiger partial charge in [-0.3, -0.25) is 0 Å². The molecule has 248 valence electrons. The summed E-state index contributed by atoms with van der Waals surface area (Å²) in [6.45, 7) is 0. The number of rotatable bonds is 5. The lowest BCUT2D eigenvalue weighted by molar-refractivity contribution is 0.673. The van der Waals surface area contributed by atoms with Crippen LogP contribution in [-0.4, -0.2) is 9.13 Å². The number of nitrogens with zero attached hydrogens (tertiary/aromatic N) is 2. The van der Waals surface area contributed by atoms with Gasteiger partial charge in [0.2, 0.25) is 0 Å². The zero-order valence-electron chi connectivity index (χ0n) is 28.8. The van der Waals surface area contributed by atoms with E-state index in [-0.39, 0.29) is 0 Å². The highest BCUT2D eigenvalue weighted by atomic mass is 16.3. The van der Waals surface area contributed by atoms with E-state index in [9.17, 15) is 0 Å². The number of para-hydroxylation sites is 3. The molecule has 3 nitrogen and oxygen atoms in total. The van der Waals surface area contributed by atoms with Gasteiger partial charge in [0.1, 0.15) is 11.1 Å². The molecule has 0 fully saturated rings. The van der Waals surface area contributed by atoms with Crippen LogP contribution in [0.15, 0.2) is 199 Å². The van der Waals surface area contributed by atoms with Gasteiger partial charge in [0, 0.05) is 32.9 Å². The van der Waals surface area contributed by atoms with Gasteiger partial charge in [-0.2, -0.15) is 0 Å². The second-order valence-corrected chi connectivity index (χ2v) is 13.8. The fraction of sp³-hybridized carbons (Fsp3) is 0. The van der Waals surface area contributed by atoms with Crippen LogP contribution in [-0.2, 0) is 0 Å². The van der Waals surface area contributed by atoms with E-state index >= 15 is 0 Å². The lowest BCUT2D eigenvalue weighted by atomic mass is 9.98. The first-order valence-corrected chi connectivity index (χ1v) is 18.1. The van der Waals surface area contributed by atoms with Gasteiger partial charge in [-0.05, 0) is 106 Å². The molecule has 0 amide bonds. The molecule has 3 heterocycles. The van der Waals surface area contributed by atoms with Gasteiger partial charge in [-0.1, -0.05) is 121 Å². The van der Waals surface area contributed by atoms with Crippen LogP contribution >= 0.6 is 0 Å². The van der Waals surface area contributed by atoms with Crippen LogP contribution in [0.5, 0.6) is 0 Å². The molecule has 53 heavy (non-hydrogen) atoms. The molecule has 0 saturated carbocycles. The van der Waals surface area contributed by atoms with E-state index < -0.39 is 0 Å². The fourth-order valence-electron chi connectivity index (χ4n) is 8.22. The van der Waals surface area contributed by atoms with Gasteiger partial charge in [-0.15, -0.1) is 0 Å². The normalized spacial score (nSPS) is 11.8. The number of hydrogen-bond donors (Lipinski definition) is 0. The molecule has 0 aliphatic heterocycles. The molecular formula is C50H32N2O. The Labute approximate surface area is 306 Å². The van der Waals surface area contributed by atoms with Crippen molar-refractivity contribution < 1.29 is 4.42 Å². The van der Waals surface area contributed by atoms with E-state index in [2.05, 4.69) is 197 Å². The molecule has 11 aromatic rings. The van der Waals surface area contributed by atoms with Crippen molar-refractivity contribution in [2.24, 2.45) is 0 Å². The molecule has 0 aliphatic rings. The third-order valence-corrected chi connectivity index (χ3v) is 10.7. The lowest BCUT2D eigenvalue weighted by Gasteiger charge is -2.09. The average molecular weight is 677 g/mol. The Kier molecular flexibility index (Phi) is 6.55. The molecule has 3 heteroatoms. The molecule has 0 spiro atoms. The number of furan rings is 1. The van der Waals surface area contributed by atoms with Crippen molar-refractivity contribution in [1.82, 2.24) is 9.13 Å². The van der Waals surface area contributed by atoms with Crippen LogP contribution < -0.4 is 0 Å². The molecule has 0 saturated heterocycles. The predicted molar refractivity (Wildman–Crippen MR) is 221 cm³/mol. The van der Waals surface area contributed by atoms with Gasteiger partial charge in [-0.25, -0.2) is 0 Å². The summed E-state index contributed by atoms with van der Waals surface area (Å²) in [6, 6.07) is 69.6. The Balaban J connectivity index is 1.02. The van der Waals surface area contributed by atoms with Crippen LogP contribution in [0.25, 0.3) is 99.5 Å². The first kappa shape index (κ1) is 29.6. The summed E-state index contributed by atoms with van der Waals surface area (Å²) in [7, 11) is 0. The van der Waals surface area contributed by atoms with Crippen LogP contribution in [0.4, 0.5) is 0 Å². The molecule has 3 aromatic heterocycles. The monoisotopic (exact) mass is 676 g/mol. The summed E-state index contributed by atoms with van der Waals surface area (Å²) >= 11 is 0. The summed E-state index contributed by atoms with van der Waals surface area (Å²) < 4.78 is 11.3. The van der Waals surface area contributed by atoms with Crippen molar-refractivity contribution in [3.8, 4) is 44.8 Å². The van der Waals surface area contributed by atoms with E-state index in [1.807, 2.05) is 6.07 Å². The second-order valence-electron chi connectivity index (χ2n) is 13.8. The summed E-state index contributed by atoms with van der Waals surface area (Å²) in [5, 5.41) is 4.72. The topological polar surface area (TPSA) is 23.0 Å². The Morgan fingerprint density at radius 3 is 1.28 bits per heavy atom. The molecule has 11 rings (SSSR count). The zero-order valence-corrected chi connectivity index (χ0v) is 28.8. The fourth-order valence-corrected chi connectivity index (χ4v) is 8.22. The largest absolute Gasteiger partial charge is 0.454 e. The van der Waals surface area contributed by atoms with Crippen LogP contribution in [0, 0.1) is 0 Å². The lowest BCUT2D eigenvalue weighted by Crippen LogP contribution is -1.93. The van der Waals surface area contributed by atoms with Crippen LogP contribution in [0.2, 0.25) is 0 Å². The maximum absolute atomic E-state index is 6.54. The minimum atomic E-state index is 0.902. The standard InChI is InChI=1S/C50H32N2O/c1-4-12-33(13-5-1)36-24-27-45-42(30-36)43-31-37(25-28-46(43)51(45)39-14-6-2-7-15-39)34-20-22-35(23-21-34)38-26-29-47-44(32-38)50-49(41-18-10-11-19-48(41)53-50)52(47)40-16-8-3-9-17-40/h1-32H. The third-order valence-electron chi connectivity index (χ3n) is 10.7. The molecule has 0 N–H and O–H groups in total. The zero-order chi connectivity index (χ0) is 34.9. The maximum atomic E-state index is 6.54. The summed E-state index contributed by atoms with van der Waals surface area (Å²) in [4.78, 5) is 0. The molecule has 0 aliphatic carbocycles. The maximum Gasteiger partial charge on any atom is 0.161 e. The second kappa shape index (κ2) is 11.7. The van der Waals surface area contributed by atoms with Gasteiger partial charge in [0.25, 0.3) is 0 Å². The van der Waals surface area contributed by atoms with E-state index in [4.69, 9.17) is 4.42 Å². The first-order valence-electron chi connectivity index (χ1n) is 18.1. The van der Waals surface area contributed by atoms with Crippen molar-refractivity contribution in [2.45, 2.75) is 0 Å². The van der Waals surface area contributed by atoms with Gasteiger partial charge >= 0.3 is 0 Å². The minimum absolute atomic E-state index is 0.902. The first-order chi connectivity index (χ1) is 26.3. The van der Waals surface area contributed by atoms with Crippen molar-refractivity contribution in [3.05, 3.63) is 194 Å². The Morgan fingerprint density at radius 1 is 0.302 bits per heavy atom. The molecular weight excluding hydrogens is 645 g/mol. The van der Waals surface area contributed by atoms with Crippen molar-refractivity contribution in [1.29, 1.82) is 0 Å². The van der Waals surface area contributed by atoms with E-state index in [1.165, 1.54) is 49.6 Å². The van der Waals surface area contributed by atoms with E-state index in [0.29, 0.717) is 0 Å². The SMILES string of the molecule is c1ccc(-c2ccc3c(c2)c2cc(-c4ccc(-c5ccc6c(c5)c5oc7ccccc7c5n6-c5ccccc5)cc4)ccc2n3-c2ccccc2)cc1. The van der Waals surface area contributed by atoms with Crippen molar-refractivity contribution >= 4 is 54.8 Å². The molecule has 0 atom stereocenters. The predicted octanol–water partition coefficient (Wildman–Crippen LogP) is 13.6. The summed E-state index contributed by atoms with van der Waals surface area (Å²) in [5.41, 5.74) is 15.9. The van der Waals surface area contributed by atoms with Gasteiger partial charge in [0.05, 0.1) is 16.6 Å². The van der Waals surface area contributed by atoms with Crippen molar-refractivity contribution in [2.75, 3.05) is 0 Å². The Hall–Kier alpha value is -7.10. The summed E-state index contributed by atoms with van der Waals surface area (Å²) in [6.07, 6.45) is 0. The summed E-state index contributed by atoms with van der Waals surface area (Å²) in [5.74, 6) is 0. The Morgan fingerprint density at radius 2 is 0.717 bits per heavy atom. The third kappa shape index (κ3) is 4.68. The number of fused-ring (bicyclic) bond motifs is 8. The van der Waals surface area contributed by atoms with E-state index in [1.54, 1.807) is 0 Å². The van der Waals surface area contributed by atoms with Crippen molar-refractivity contribution in [3.63, 3.8) is 0 Å². The van der Waals surface area contributed by atoms with Crippen LogP contribution in [0.1, 0.15) is 0 Å². The highest BCUT2D eigenvalue weighted by Crippen LogP contribution is 2.41. The van der Waals surface area contributed by atoms with Gasteiger partial charge < -0.3 is 13.6 Å². The van der Waals surface area contributed by atoms with Crippen LogP contribution in [0.3, 0.4) is 0 Å². The molecule has 8 aromatic carbocycles. The smallest absolute Gasteiger partial charge is 0.161 e. The highest BCUT2D eigenvalue weighted by molar-refractivity contribution is 6.17. The highest BCUT2D eigenvalue weighted by Gasteiger charge is 2.20.